The molecule has 3 nitrogen and oxygen atoms in total. The van der Waals surface area contributed by atoms with Gasteiger partial charge in [0.05, 0.1) is 0 Å². The number of hydrogen-bond donors (Lipinski definition) is 2. The highest BCUT2D eigenvalue weighted by atomic mass is 16.1. The summed E-state index contributed by atoms with van der Waals surface area (Å²) in [5.74, 6) is 0. The molecule has 0 spiro atoms. The number of aromatic amines is 1. The zero-order valence-corrected chi connectivity index (χ0v) is 7.29. The molecule has 0 saturated carbocycles. The molecule has 2 aromatic rings. The Balaban J connectivity index is 2.88. The maximum atomic E-state index is 10.8. The number of carbonyl (C=O) groups excluding carboxylic acids is 1. The van der Waals surface area contributed by atoms with E-state index in [-0.39, 0.29) is 0 Å². The second-order valence-electron chi connectivity index (χ2n) is 3.09. The van der Waals surface area contributed by atoms with E-state index < -0.39 is 0 Å². The largest absolute Gasteiger partial charge is 0.399 e. The van der Waals surface area contributed by atoms with Gasteiger partial charge in [-0.1, -0.05) is 0 Å². The molecule has 1 heterocycles. The number of aryl methyl sites for hydroxylation is 1. The highest BCUT2D eigenvalue weighted by Crippen LogP contribution is 2.22. The van der Waals surface area contributed by atoms with Gasteiger partial charge in [-0.05, 0) is 25.1 Å². The summed E-state index contributed by atoms with van der Waals surface area (Å²) < 4.78 is 0. The normalized spacial score (nSPS) is 10.5. The van der Waals surface area contributed by atoms with Crippen LogP contribution in [0.15, 0.2) is 18.2 Å². The summed E-state index contributed by atoms with van der Waals surface area (Å²) in [6.07, 6.45) is 0.855. The van der Waals surface area contributed by atoms with E-state index >= 15 is 0 Å². The Bertz CT molecular complexity index is 471. The minimum Gasteiger partial charge on any atom is -0.399 e. The average Bonchev–Trinajstić information content (AvgIpc) is 2.40. The van der Waals surface area contributed by atoms with Crippen LogP contribution in [0.1, 0.15) is 16.1 Å². The maximum absolute atomic E-state index is 10.8. The Labute approximate surface area is 75.6 Å². The van der Waals surface area contributed by atoms with Crippen LogP contribution < -0.4 is 5.73 Å². The van der Waals surface area contributed by atoms with E-state index in [0.29, 0.717) is 11.3 Å². The Hall–Kier alpha value is -1.77. The summed E-state index contributed by atoms with van der Waals surface area (Å²) in [7, 11) is 0. The number of nitrogen functional groups attached to an aromatic ring is 1. The van der Waals surface area contributed by atoms with E-state index in [4.69, 9.17) is 5.73 Å². The molecule has 0 fully saturated rings. The van der Waals surface area contributed by atoms with Gasteiger partial charge in [-0.2, -0.15) is 0 Å². The minimum atomic E-state index is 0.676. The van der Waals surface area contributed by atoms with Gasteiger partial charge in [-0.25, -0.2) is 0 Å². The standard InChI is InChI=1S/C10H10N2O/c1-6-9(5-13)8-4-7(11)2-3-10(8)12-6/h2-5,12H,11H2,1H3. The molecule has 66 valence electrons. The maximum Gasteiger partial charge on any atom is 0.152 e. The first-order valence-corrected chi connectivity index (χ1v) is 4.05. The van der Waals surface area contributed by atoms with Gasteiger partial charge in [0.25, 0.3) is 0 Å². The fourth-order valence-corrected chi connectivity index (χ4v) is 1.52. The van der Waals surface area contributed by atoms with Gasteiger partial charge < -0.3 is 10.7 Å². The van der Waals surface area contributed by atoms with Crippen LogP contribution in [0.25, 0.3) is 10.9 Å². The van der Waals surface area contributed by atoms with Gasteiger partial charge in [0.2, 0.25) is 0 Å². The molecule has 13 heavy (non-hydrogen) atoms. The summed E-state index contributed by atoms with van der Waals surface area (Å²) in [4.78, 5) is 13.9. The number of benzene rings is 1. The first kappa shape index (κ1) is 7.86. The number of H-pyrrole nitrogens is 1. The number of aromatic nitrogens is 1. The van der Waals surface area contributed by atoms with Gasteiger partial charge in [0.15, 0.2) is 6.29 Å². The van der Waals surface area contributed by atoms with Gasteiger partial charge >= 0.3 is 0 Å². The molecule has 3 N–H and O–H groups in total. The monoisotopic (exact) mass is 174 g/mol. The third-order valence-corrected chi connectivity index (χ3v) is 2.18. The van der Waals surface area contributed by atoms with Crippen molar-refractivity contribution in [1.82, 2.24) is 4.98 Å². The lowest BCUT2D eigenvalue weighted by Crippen LogP contribution is -1.84. The lowest BCUT2D eigenvalue weighted by molar-refractivity contribution is 0.112. The Kier molecular flexibility index (Phi) is 1.59. The average molecular weight is 174 g/mol. The number of carbonyl (C=O) groups is 1. The Morgan fingerprint density at radius 3 is 2.92 bits per heavy atom. The third-order valence-electron chi connectivity index (χ3n) is 2.18. The van der Waals surface area contributed by atoms with Crippen LogP contribution in [0, 0.1) is 6.92 Å². The summed E-state index contributed by atoms with van der Waals surface area (Å²) in [5.41, 5.74) is 8.84. The third kappa shape index (κ3) is 1.09. The predicted molar refractivity (Wildman–Crippen MR) is 52.8 cm³/mol. The molecular weight excluding hydrogens is 164 g/mol. The van der Waals surface area contributed by atoms with Crippen LogP contribution in [0.2, 0.25) is 0 Å². The summed E-state index contributed by atoms with van der Waals surface area (Å²) >= 11 is 0. The number of nitrogens with two attached hydrogens (primary N) is 1. The van der Waals surface area contributed by atoms with E-state index in [1.165, 1.54) is 0 Å². The van der Waals surface area contributed by atoms with Crippen molar-refractivity contribution in [2.75, 3.05) is 5.73 Å². The number of fused-ring (bicyclic) bond motifs is 1. The molecule has 1 aromatic carbocycles. The van der Waals surface area contributed by atoms with Crippen molar-refractivity contribution in [2.45, 2.75) is 6.92 Å². The first-order valence-electron chi connectivity index (χ1n) is 4.05. The quantitative estimate of drug-likeness (QED) is 0.512. The van der Waals surface area contributed by atoms with Gasteiger partial charge in [-0.3, -0.25) is 4.79 Å². The fourth-order valence-electron chi connectivity index (χ4n) is 1.52. The molecule has 0 bridgehead atoms. The van der Waals surface area contributed by atoms with Crippen LogP contribution in [-0.4, -0.2) is 11.3 Å². The number of rotatable bonds is 1. The van der Waals surface area contributed by atoms with Crippen LogP contribution in [0.5, 0.6) is 0 Å². The Morgan fingerprint density at radius 2 is 2.23 bits per heavy atom. The van der Waals surface area contributed by atoms with Crippen LogP contribution in [-0.2, 0) is 0 Å². The van der Waals surface area contributed by atoms with Crippen molar-refractivity contribution in [3.63, 3.8) is 0 Å². The molecule has 0 amide bonds. The van der Waals surface area contributed by atoms with E-state index in [2.05, 4.69) is 4.98 Å². The van der Waals surface area contributed by atoms with Crippen molar-refractivity contribution in [1.29, 1.82) is 0 Å². The number of aldehydes is 1. The summed E-state index contributed by atoms with van der Waals surface area (Å²) in [5, 5.41) is 0.896. The molecule has 2 rings (SSSR count). The van der Waals surface area contributed by atoms with Crippen molar-refractivity contribution < 1.29 is 4.79 Å². The van der Waals surface area contributed by atoms with Gasteiger partial charge in [0, 0.05) is 27.8 Å². The molecule has 0 saturated heterocycles. The second-order valence-corrected chi connectivity index (χ2v) is 3.09. The fraction of sp³-hybridized carbons (Fsp3) is 0.100. The number of hydrogen-bond acceptors (Lipinski definition) is 2. The van der Waals surface area contributed by atoms with Gasteiger partial charge in [-0.15, -0.1) is 0 Å². The number of anilines is 1. The molecule has 0 unspecified atom stereocenters. The molecule has 0 aliphatic heterocycles. The molecule has 3 heteroatoms. The van der Waals surface area contributed by atoms with E-state index in [0.717, 1.165) is 22.9 Å². The molecule has 0 radical (unpaired) electrons. The molecule has 0 atom stereocenters. The smallest absolute Gasteiger partial charge is 0.152 e. The number of nitrogens with one attached hydrogen (secondary N) is 1. The highest BCUT2D eigenvalue weighted by molar-refractivity contribution is 5.99. The topological polar surface area (TPSA) is 58.9 Å². The van der Waals surface area contributed by atoms with Crippen LogP contribution in [0.3, 0.4) is 0 Å². The molecule has 1 aromatic heterocycles. The van der Waals surface area contributed by atoms with Crippen molar-refractivity contribution in [2.24, 2.45) is 0 Å². The SMILES string of the molecule is Cc1[nH]c2ccc(N)cc2c1C=O. The van der Waals surface area contributed by atoms with Gasteiger partial charge in [0.1, 0.15) is 0 Å². The van der Waals surface area contributed by atoms with Crippen molar-refractivity contribution in [3.05, 3.63) is 29.5 Å². The lowest BCUT2D eigenvalue weighted by atomic mass is 10.1. The van der Waals surface area contributed by atoms with Crippen LogP contribution in [0.4, 0.5) is 5.69 Å². The van der Waals surface area contributed by atoms with Crippen molar-refractivity contribution >= 4 is 22.9 Å². The summed E-state index contributed by atoms with van der Waals surface area (Å²) in [6.45, 7) is 1.87. The second kappa shape index (κ2) is 2.62. The molecule has 0 aliphatic rings. The highest BCUT2D eigenvalue weighted by Gasteiger charge is 2.06. The molecule has 0 aliphatic carbocycles. The Morgan fingerprint density at radius 1 is 1.46 bits per heavy atom. The van der Waals surface area contributed by atoms with E-state index in [9.17, 15) is 4.79 Å². The van der Waals surface area contributed by atoms with Crippen LogP contribution >= 0.6 is 0 Å². The minimum absolute atomic E-state index is 0.676. The zero-order chi connectivity index (χ0) is 9.42. The van der Waals surface area contributed by atoms with E-state index in [1.807, 2.05) is 25.1 Å². The lowest BCUT2D eigenvalue weighted by Gasteiger charge is -1.93. The predicted octanol–water partition coefficient (Wildman–Crippen LogP) is 1.87. The summed E-state index contributed by atoms with van der Waals surface area (Å²) in [6, 6.07) is 5.50. The van der Waals surface area contributed by atoms with E-state index in [1.54, 1.807) is 0 Å². The van der Waals surface area contributed by atoms with Crippen molar-refractivity contribution in [3.8, 4) is 0 Å². The first-order chi connectivity index (χ1) is 6.22. The zero-order valence-electron chi connectivity index (χ0n) is 7.29. The molecular formula is C10H10N2O.